The fourth-order valence-corrected chi connectivity index (χ4v) is 3.01. The number of guanidine groups is 1. The number of carbonyl (C=O) groups is 1. The second-order valence-electron chi connectivity index (χ2n) is 7.25. The van der Waals surface area contributed by atoms with Crippen molar-refractivity contribution < 1.29 is 9.90 Å². The number of hydrogen-bond donors (Lipinski definition) is 3. The van der Waals surface area contributed by atoms with E-state index in [4.69, 9.17) is 10.4 Å². The molecule has 0 amide bonds. The molecule has 3 N–H and O–H groups in total. The molecule has 154 valence electrons. The van der Waals surface area contributed by atoms with Crippen LogP contribution in [0.15, 0.2) is 53.8 Å². The van der Waals surface area contributed by atoms with E-state index in [2.05, 4.69) is 26.7 Å². The number of nitriles is 1. The second-order valence-corrected chi connectivity index (χ2v) is 7.25. The molecule has 1 aromatic heterocycles. The number of anilines is 1. The highest BCUT2D eigenvalue weighted by Gasteiger charge is 2.21. The Morgan fingerprint density at radius 1 is 1.37 bits per heavy atom. The molecule has 3 rings (SSSR count). The van der Waals surface area contributed by atoms with Gasteiger partial charge in [-0.05, 0) is 61.4 Å². The Hall–Kier alpha value is -3.66. The summed E-state index contributed by atoms with van der Waals surface area (Å²) >= 11 is 0. The van der Waals surface area contributed by atoms with Gasteiger partial charge in [0.05, 0.1) is 6.04 Å². The largest absolute Gasteiger partial charge is 0.481 e. The van der Waals surface area contributed by atoms with Crippen LogP contribution in [0.2, 0.25) is 0 Å². The van der Waals surface area contributed by atoms with Crippen LogP contribution >= 0.6 is 0 Å². The first-order valence-corrected chi connectivity index (χ1v) is 10.00. The number of nitrogens with zero attached hydrogens (tertiary/aromatic N) is 3. The predicted molar refractivity (Wildman–Crippen MR) is 117 cm³/mol. The first-order valence-electron chi connectivity index (χ1n) is 10.00. The van der Waals surface area contributed by atoms with Crippen molar-refractivity contribution in [3.63, 3.8) is 0 Å². The van der Waals surface area contributed by atoms with E-state index in [0.717, 1.165) is 40.8 Å². The van der Waals surface area contributed by atoms with Crippen molar-refractivity contribution in [2.45, 2.75) is 45.1 Å². The third kappa shape index (κ3) is 6.17. The molecule has 0 radical (unpaired) electrons. The van der Waals surface area contributed by atoms with E-state index < -0.39 is 5.97 Å². The zero-order valence-electron chi connectivity index (χ0n) is 16.9. The van der Waals surface area contributed by atoms with Gasteiger partial charge >= 0.3 is 5.97 Å². The minimum Gasteiger partial charge on any atom is -0.481 e. The zero-order valence-corrected chi connectivity index (χ0v) is 16.9. The third-order valence-electron chi connectivity index (χ3n) is 4.75. The van der Waals surface area contributed by atoms with Gasteiger partial charge in [0, 0.05) is 30.1 Å². The van der Waals surface area contributed by atoms with Crippen LogP contribution in [0.25, 0.3) is 5.57 Å². The number of allylic oxidation sites excluding steroid dienone is 1. The predicted octanol–water partition coefficient (Wildman–Crippen LogP) is 4.08. The van der Waals surface area contributed by atoms with Gasteiger partial charge in [-0.1, -0.05) is 24.3 Å². The van der Waals surface area contributed by atoms with Crippen LogP contribution in [0.3, 0.4) is 0 Å². The average Bonchev–Trinajstić information content (AvgIpc) is 3.54. The Labute approximate surface area is 176 Å². The summed E-state index contributed by atoms with van der Waals surface area (Å²) in [6.07, 6.45) is 11.0. The number of aliphatic carboxylic acids is 1. The van der Waals surface area contributed by atoms with Crippen molar-refractivity contribution >= 4 is 23.2 Å². The molecule has 1 aliphatic carbocycles. The van der Waals surface area contributed by atoms with Crippen molar-refractivity contribution in [2.75, 3.05) is 5.32 Å². The number of aromatic nitrogens is 1. The number of nitrogens with one attached hydrogen (secondary N) is 2. The molecule has 1 aliphatic rings. The Balaban J connectivity index is 1.89. The van der Waals surface area contributed by atoms with Gasteiger partial charge in [-0.3, -0.25) is 15.1 Å². The summed E-state index contributed by atoms with van der Waals surface area (Å²) in [6, 6.07) is 10.2. The molecular weight excluding hydrogens is 378 g/mol. The maximum absolute atomic E-state index is 10.8. The lowest BCUT2D eigenvalue weighted by molar-refractivity contribution is -0.137. The molecule has 7 heteroatoms. The van der Waals surface area contributed by atoms with Crippen molar-refractivity contribution in [1.29, 1.82) is 5.26 Å². The summed E-state index contributed by atoms with van der Waals surface area (Å²) in [6.45, 7) is 1.99. The lowest BCUT2D eigenvalue weighted by Gasteiger charge is -2.15. The van der Waals surface area contributed by atoms with Gasteiger partial charge in [-0.25, -0.2) is 4.99 Å². The highest BCUT2D eigenvalue weighted by molar-refractivity contribution is 5.96. The quantitative estimate of drug-likeness (QED) is 0.201. The standard InChI is InChI=1S/C23H25N5O2/c1-16-8-9-17(13-21(16)28-23(26-15-24)27-19-10-11-19)20(6-2-3-7-22(29)30)18-5-4-12-25-14-18/h4-6,8-9,12-14,19H,2-3,7,10-11H2,1H3,(H,29,30)(H2,26,27,28). The molecule has 0 saturated heterocycles. The minimum absolute atomic E-state index is 0.137. The average molecular weight is 403 g/mol. The molecule has 1 aromatic carbocycles. The molecule has 0 unspecified atom stereocenters. The van der Waals surface area contributed by atoms with Crippen LogP contribution in [0.5, 0.6) is 0 Å². The van der Waals surface area contributed by atoms with Crippen LogP contribution in [0.4, 0.5) is 5.69 Å². The number of carboxylic acids is 1. The molecule has 30 heavy (non-hydrogen) atoms. The van der Waals surface area contributed by atoms with Gasteiger partial charge in [-0.2, -0.15) is 5.26 Å². The van der Waals surface area contributed by atoms with Gasteiger partial charge in [0.25, 0.3) is 0 Å². The number of pyridine rings is 1. The third-order valence-corrected chi connectivity index (χ3v) is 4.75. The Morgan fingerprint density at radius 2 is 2.20 bits per heavy atom. The molecule has 1 fully saturated rings. The molecule has 1 saturated carbocycles. The maximum Gasteiger partial charge on any atom is 0.303 e. The van der Waals surface area contributed by atoms with Gasteiger partial charge in [0.15, 0.2) is 6.19 Å². The number of hydrogen-bond acceptors (Lipinski definition) is 4. The Bertz CT molecular complexity index is 988. The smallest absolute Gasteiger partial charge is 0.303 e. The maximum atomic E-state index is 10.8. The highest BCUT2D eigenvalue weighted by Crippen LogP contribution is 2.28. The molecule has 7 nitrogen and oxygen atoms in total. The number of benzene rings is 1. The number of aliphatic imine (C=N–C) groups is 1. The molecule has 2 aromatic rings. The van der Waals surface area contributed by atoms with E-state index in [9.17, 15) is 4.79 Å². The van der Waals surface area contributed by atoms with Gasteiger partial charge in [0.2, 0.25) is 5.96 Å². The van der Waals surface area contributed by atoms with Crippen molar-refractivity contribution in [3.8, 4) is 6.19 Å². The van der Waals surface area contributed by atoms with Crippen LogP contribution < -0.4 is 10.6 Å². The molecule has 1 heterocycles. The van der Waals surface area contributed by atoms with E-state index in [-0.39, 0.29) is 12.5 Å². The van der Waals surface area contributed by atoms with E-state index in [0.29, 0.717) is 18.8 Å². The number of rotatable bonds is 8. The highest BCUT2D eigenvalue weighted by atomic mass is 16.4. The summed E-state index contributed by atoms with van der Waals surface area (Å²) in [5, 5.41) is 23.8. The second kappa shape index (κ2) is 10.2. The lowest BCUT2D eigenvalue weighted by Crippen LogP contribution is -2.27. The van der Waals surface area contributed by atoms with E-state index >= 15 is 0 Å². The van der Waals surface area contributed by atoms with Crippen LogP contribution in [0, 0.1) is 18.4 Å². The van der Waals surface area contributed by atoms with Gasteiger partial charge in [0.1, 0.15) is 0 Å². The molecule has 0 aliphatic heterocycles. The molecule has 0 bridgehead atoms. The molecular formula is C23H25N5O2. The summed E-state index contributed by atoms with van der Waals surface area (Å²) in [5.41, 5.74) is 4.82. The van der Waals surface area contributed by atoms with Crippen LogP contribution in [-0.4, -0.2) is 28.1 Å². The SMILES string of the molecule is Cc1ccc(C(=CCCCC(=O)O)c2cccnc2)cc1NC(=NC1CC1)NC#N. The minimum atomic E-state index is -0.791. The number of unbranched alkanes of at least 4 members (excludes halogenated alkanes) is 1. The van der Waals surface area contributed by atoms with Gasteiger partial charge < -0.3 is 10.4 Å². The molecule has 0 spiro atoms. The number of aryl methyl sites for hydroxylation is 1. The van der Waals surface area contributed by atoms with Crippen molar-refractivity contribution in [2.24, 2.45) is 4.99 Å². The summed E-state index contributed by atoms with van der Waals surface area (Å²) in [4.78, 5) is 19.6. The topological polar surface area (TPSA) is 110 Å². The van der Waals surface area contributed by atoms with Crippen LogP contribution in [-0.2, 0) is 4.79 Å². The lowest BCUT2D eigenvalue weighted by atomic mass is 9.96. The van der Waals surface area contributed by atoms with Crippen molar-refractivity contribution in [1.82, 2.24) is 10.3 Å². The van der Waals surface area contributed by atoms with Crippen LogP contribution in [0.1, 0.15) is 48.8 Å². The fraction of sp³-hybridized carbons (Fsp3) is 0.304. The van der Waals surface area contributed by atoms with Crippen molar-refractivity contribution in [3.05, 3.63) is 65.5 Å². The normalized spacial score (nSPS) is 14.1. The van der Waals surface area contributed by atoms with E-state index in [1.807, 2.05) is 43.4 Å². The molecule has 0 atom stereocenters. The summed E-state index contributed by atoms with van der Waals surface area (Å²) in [7, 11) is 0. The van der Waals surface area contributed by atoms with E-state index in [1.165, 1.54) is 0 Å². The number of carboxylic acid groups (broad SMARTS) is 1. The summed E-state index contributed by atoms with van der Waals surface area (Å²) < 4.78 is 0. The summed E-state index contributed by atoms with van der Waals surface area (Å²) in [5.74, 6) is -0.339. The fourth-order valence-electron chi connectivity index (χ4n) is 3.01. The van der Waals surface area contributed by atoms with E-state index in [1.54, 1.807) is 12.4 Å². The first-order chi connectivity index (χ1) is 14.6. The zero-order chi connectivity index (χ0) is 21.3. The van der Waals surface area contributed by atoms with Gasteiger partial charge in [-0.15, -0.1) is 0 Å². The Kier molecular flexibility index (Phi) is 7.17. The first kappa shape index (κ1) is 21.1. The monoisotopic (exact) mass is 403 g/mol. The Morgan fingerprint density at radius 3 is 2.87 bits per heavy atom.